The molecule has 0 atom stereocenters. The number of sulfonamides is 1. The minimum atomic E-state index is -3.77. The van der Waals surface area contributed by atoms with Crippen LogP contribution in [0.1, 0.15) is 15.9 Å². The van der Waals surface area contributed by atoms with E-state index in [9.17, 15) is 13.2 Å². The summed E-state index contributed by atoms with van der Waals surface area (Å²) in [4.78, 5) is 14.8. The molecule has 1 aliphatic heterocycles. The molecule has 6 nitrogen and oxygen atoms in total. The highest BCUT2D eigenvalue weighted by atomic mass is 35.5. The average molecular weight is 458 g/mol. The standard InChI is InChI=1S/C23H24ClN3O3S/c1-26-11-13-27(14-12-26)31(29,30)22-15-18(9-10-21(22)24)23(28)25-16-19-7-4-6-17-5-2-3-8-20(17)19/h2-10,15H,11-14,16H2,1H3,(H,25,28). The maximum atomic E-state index is 13.1. The van der Waals surface area contributed by atoms with Gasteiger partial charge in [-0.1, -0.05) is 54.1 Å². The Morgan fingerprint density at radius 2 is 1.71 bits per heavy atom. The molecule has 0 saturated carbocycles. The zero-order chi connectivity index (χ0) is 22.0. The van der Waals surface area contributed by atoms with E-state index in [-0.39, 0.29) is 21.4 Å². The lowest BCUT2D eigenvalue weighted by atomic mass is 10.0. The van der Waals surface area contributed by atoms with Gasteiger partial charge in [0.05, 0.1) is 5.02 Å². The van der Waals surface area contributed by atoms with Crippen molar-refractivity contribution in [3.8, 4) is 0 Å². The summed E-state index contributed by atoms with van der Waals surface area (Å²) in [6.07, 6.45) is 0. The van der Waals surface area contributed by atoms with Crippen molar-refractivity contribution in [3.63, 3.8) is 0 Å². The SMILES string of the molecule is CN1CCN(S(=O)(=O)c2cc(C(=O)NCc3cccc4ccccc34)ccc2Cl)CC1. The monoisotopic (exact) mass is 457 g/mol. The third kappa shape index (κ3) is 4.60. The number of nitrogens with zero attached hydrogens (tertiary/aromatic N) is 2. The number of hydrogen-bond donors (Lipinski definition) is 1. The van der Waals surface area contributed by atoms with Gasteiger partial charge in [-0.05, 0) is 41.6 Å². The summed E-state index contributed by atoms with van der Waals surface area (Å²) in [7, 11) is -1.82. The summed E-state index contributed by atoms with van der Waals surface area (Å²) in [6, 6.07) is 18.3. The van der Waals surface area contributed by atoms with Crippen LogP contribution in [0.5, 0.6) is 0 Å². The molecule has 1 saturated heterocycles. The summed E-state index contributed by atoms with van der Waals surface area (Å²) in [5.74, 6) is -0.348. The lowest BCUT2D eigenvalue weighted by Gasteiger charge is -2.31. The van der Waals surface area contributed by atoms with E-state index in [0.717, 1.165) is 16.3 Å². The van der Waals surface area contributed by atoms with Crippen molar-refractivity contribution >= 4 is 38.3 Å². The van der Waals surface area contributed by atoms with E-state index in [1.807, 2.05) is 49.5 Å². The smallest absolute Gasteiger partial charge is 0.251 e. The number of carbonyl (C=O) groups is 1. The zero-order valence-electron chi connectivity index (χ0n) is 17.2. The van der Waals surface area contributed by atoms with Crippen molar-refractivity contribution in [2.45, 2.75) is 11.4 Å². The molecule has 0 radical (unpaired) electrons. The van der Waals surface area contributed by atoms with Crippen molar-refractivity contribution in [2.75, 3.05) is 33.2 Å². The van der Waals surface area contributed by atoms with Crippen molar-refractivity contribution in [1.82, 2.24) is 14.5 Å². The molecule has 1 heterocycles. The van der Waals surface area contributed by atoms with Crippen LogP contribution in [0.3, 0.4) is 0 Å². The minimum absolute atomic E-state index is 0.0310. The van der Waals surface area contributed by atoms with E-state index in [0.29, 0.717) is 32.7 Å². The molecule has 0 aliphatic carbocycles. The van der Waals surface area contributed by atoms with Crippen LogP contribution in [0, 0.1) is 0 Å². The number of hydrogen-bond acceptors (Lipinski definition) is 4. The van der Waals surface area contributed by atoms with Crippen LogP contribution in [0.4, 0.5) is 0 Å². The van der Waals surface area contributed by atoms with Crippen molar-refractivity contribution < 1.29 is 13.2 Å². The molecule has 0 bridgehead atoms. The average Bonchev–Trinajstić information content (AvgIpc) is 2.78. The van der Waals surface area contributed by atoms with Gasteiger partial charge < -0.3 is 10.2 Å². The Morgan fingerprint density at radius 1 is 1.00 bits per heavy atom. The van der Waals surface area contributed by atoms with E-state index in [1.165, 1.54) is 16.4 Å². The number of fused-ring (bicyclic) bond motifs is 1. The van der Waals surface area contributed by atoms with Gasteiger partial charge in [0.25, 0.3) is 5.91 Å². The van der Waals surface area contributed by atoms with Gasteiger partial charge >= 0.3 is 0 Å². The van der Waals surface area contributed by atoms with Gasteiger partial charge in [-0.15, -0.1) is 0 Å². The Hall–Kier alpha value is -2.45. The fourth-order valence-corrected chi connectivity index (χ4v) is 5.66. The number of likely N-dealkylation sites (N-methyl/N-ethyl adjacent to an activating group) is 1. The summed E-state index contributed by atoms with van der Waals surface area (Å²) in [5, 5.41) is 5.18. The normalized spacial score (nSPS) is 15.8. The quantitative estimate of drug-likeness (QED) is 0.637. The molecule has 0 unspecified atom stereocenters. The highest BCUT2D eigenvalue weighted by Crippen LogP contribution is 2.27. The first-order chi connectivity index (χ1) is 14.9. The van der Waals surface area contributed by atoms with Crippen LogP contribution in [0.2, 0.25) is 5.02 Å². The summed E-state index contributed by atoms with van der Waals surface area (Å²) in [5.41, 5.74) is 1.25. The first-order valence-electron chi connectivity index (χ1n) is 10.1. The van der Waals surface area contributed by atoms with Crippen LogP contribution in [0.25, 0.3) is 10.8 Å². The molecule has 162 valence electrons. The second kappa shape index (κ2) is 8.96. The number of benzene rings is 3. The molecule has 8 heteroatoms. The van der Waals surface area contributed by atoms with Crippen LogP contribution >= 0.6 is 11.6 Å². The fraction of sp³-hybridized carbons (Fsp3) is 0.261. The fourth-order valence-electron chi connectivity index (χ4n) is 3.73. The number of nitrogens with one attached hydrogen (secondary N) is 1. The first kappa shape index (κ1) is 21.8. The predicted octanol–water partition coefficient (Wildman–Crippen LogP) is 3.36. The number of rotatable bonds is 5. The molecule has 1 N–H and O–H groups in total. The van der Waals surface area contributed by atoms with Gasteiger partial charge in [-0.3, -0.25) is 4.79 Å². The van der Waals surface area contributed by atoms with Gasteiger partial charge in [0.15, 0.2) is 0 Å². The van der Waals surface area contributed by atoms with Crippen LogP contribution < -0.4 is 5.32 Å². The summed E-state index contributed by atoms with van der Waals surface area (Å²) < 4.78 is 27.6. The molecule has 3 aromatic carbocycles. The van der Waals surface area contributed by atoms with Gasteiger partial charge in [0, 0.05) is 38.3 Å². The van der Waals surface area contributed by atoms with E-state index in [2.05, 4.69) is 10.2 Å². The van der Waals surface area contributed by atoms with E-state index < -0.39 is 10.0 Å². The predicted molar refractivity (Wildman–Crippen MR) is 123 cm³/mol. The van der Waals surface area contributed by atoms with Gasteiger partial charge in [-0.2, -0.15) is 4.31 Å². The van der Waals surface area contributed by atoms with E-state index in [1.54, 1.807) is 6.07 Å². The molecule has 3 aromatic rings. The Balaban J connectivity index is 1.54. The van der Waals surface area contributed by atoms with Crippen molar-refractivity contribution in [2.24, 2.45) is 0 Å². The Bertz CT molecular complexity index is 1220. The van der Waals surface area contributed by atoms with E-state index >= 15 is 0 Å². The molecule has 0 spiro atoms. The topological polar surface area (TPSA) is 69.7 Å². The third-order valence-corrected chi connectivity index (χ3v) is 7.97. The number of amides is 1. The summed E-state index contributed by atoms with van der Waals surface area (Å²) >= 11 is 6.22. The van der Waals surface area contributed by atoms with Crippen LogP contribution in [0.15, 0.2) is 65.6 Å². The Kier molecular flexibility index (Phi) is 6.29. The number of carbonyl (C=O) groups excluding carboxylic acids is 1. The van der Waals surface area contributed by atoms with Crippen LogP contribution in [-0.4, -0.2) is 56.8 Å². The summed E-state index contributed by atoms with van der Waals surface area (Å²) in [6.45, 7) is 2.44. The largest absolute Gasteiger partial charge is 0.348 e. The number of halogens is 1. The maximum Gasteiger partial charge on any atom is 0.251 e. The third-order valence-electron chi connectivity index (χ3n) is 5.59. The van der Waals surface area contributed by atoms with Crippen molar-refractivity contribution in [1.29, 1.82) is 0 Å². The molecular weight excluding hydrogens is 434 g/mol. The molecule has 1 aliphatic rings. The second-order valence-electron chi connectivity index (χ2n) is 7.67. The molecule has 31 heavy (non-hydrogen) atoms. The van der Waals surface area contributed by atoms with Gasteiger partial charge in [0.1, 0.15) is 4.90 Å². The minimum Gasteiger partial charge on any atom is -0.348 e. The lowest BCUT2D eigenvalue weighted by molar-refractivity contribution is 0.0951. The molecule has 0 aromatic heterocycles. The number of piperazine rings is 1. The molecular formula is C23H24ClN3O3S. The van der Waals surface area contributed by atoms with Gasteiger partial charge in [0.2, 0.25) is 10.0 Å². The Labute approximate surface area is 187 Å². The highest BCUT2D eigenvalue weighted by molar-refractivity contribution is 7.89. The lowest BCUT2D eigenvalue weighted by Crippen LogP contribution is -2.47. The second-order valence-corrected chi connectivity index (χ2v) is 9.99. The molecule has 4 rings (SSSR count). The first-order valence-corrected chi connectivity index (χ1v) is 11.9. The highest BCUT2D eigenvalue weighted by Gasteiger charge is 2.30. The van der Waals surface area contributed by atoms with Crippen molar-refractivity contribution in [3.05, 3.63) is 76.8 Å². The maximum absolute atomic E-state index is 13.1. The van der Waals surface area contributed by atoms with E-state index in [4.69, 9.17) is 11.6 Å². The molecule has 1 fully saturated rings. The molecule has 1 amide bonds. The Morgan fingerprint density at radius 3 is 2.48 bits per heavy atom. The van der Waals surface area contributed by atoms with Crippen LogP contribution in [-0.2, 0) is 16.6 Å². The van der Waals surface area contributed by atoms with Gasteiger partial charge in [-0.25, -0.2) is 8.42 Å². The zero-order valence-corrected chi connectivity index (χ0v) is 18.8.